The molecule has 1 N–H and O–H groups in total. The second kappa shape index (κ2) is 9.63. The molecule has 0 aliphatic carbocycles. The van der Waals surface area contributed by atoms with Gasteiger partial charge in [-0.3, -0.25) is 4.68 Å². The van der Waals surface area contributed by atoms with E-state index in [1.165, 1.54) is 5.56 Å². The number of hydrogen-bond acceptors (Lipinski definition) is 7. The van der Waals surface area contributed by atoms with Gasteiger partial charge >= 0.3 is 0 Å². The molecule has 9 nitrogen and oxygen atoms in total. The van der Waals surface area contributed by atoms with Crippen molar-refractivity contribution in [3.05, 3.63) is 78.5 Å². The molecule has 1 saturated heterocycles. The third-order valence-corrected chi connectivity index (χ3v) is 7.23. The van der Waals surface area contributed by atoms with Gasteiger partial charge < -0.3 is 10.0 Å². The molecule has 0 saturated carbocycles. The lowest BCUT2D eigenvalue weighted by Gasteiger charge is -2.33. The lowest BCUT2D eigenvalue weighted by Crippen LogP contribution is -2.33. The quantitative estimate of drug-likeness (QED) is 0.351. The highest BCUT2D eigenvalue weighted by Gasteiger charge is 2.22. The van der Waals surface area contributed by atoms with Crippen LogP contribution in [0.25, 0.3) is 28.0 Å². The molecular formula is C29H28N8O. The Morgan fingerprint density at radius 3 is 2.53 bits per heavy atom. The van der Waals surface area contributed by atoms with Crippen molar-refractivity contribution >= 4 is 11.3 Å². The van der Waals surface area contributed by atoms with Crippen molar-refractivity contribution in [1.29, 1.82) is 5.26 Å². The molecule has 0 unspecified atom stereocenters. The third-order valence-electron chi connectivity index (χ3n) is 7.23. The summed E-state index contributed by atoms with van der Waals surface area (Å²) in [6.45, 7) is 5.94. The number of phenolic OH excluding ortho intramolecular Hbond substituents is 1. The summed E-state index contributed by atoms with van der Waals surface area (Å²) in [5.41, 5.74) is 5.42. The molecule has 6 rings (SSSR count). The summed E-state index contributed by atoms with van der Waals surface area (Å²) in [6.07, 6.45) is 11.0. The molecule has 1 fully saturated rings. The highest BCUT2D eigenvalue weighted by atomic mass is 16.3. The van der Waals surface area contributed by atoms with Gasteiger partial charge in [0.05, 0.1) is 30.0 Å². The second-order valence-corrected chi connectivity index (χ2v) is 10.0. The summed E-state index contributed by atoms with van der Waals surface area (Å²) in [4.78, 5) is 12.0. The fraction of sp³-hybridized carbons (Fsp3) is 0.276. The van der Waals surface area contributed by atoms with Crippen molar-refractivity contribution in [3.63, 3.8) is 0 Å². The maximum Gasteiger partial charge on any atom is 0.128 e. The monoisotopic (exact) mass is 504 g/mol. The Bertz CT molecular complexity index is 1640. The molecule has 1 aliphatic rings. The number of aromatic nitrogens is 6. The molecule has 1 aliphatic heterocycles. The van der Waals surface area contributed by atoms with Crippen LogP contribution >= 0.6 is 0 Å². The number of piperidine rings is 1. The van der Waals surface area contributed by atoms with Gasteiger partial charge in [0.2, 0.25) is 0 Å². The van der Waals surface area contributed by atoms with Crippen LogP contribution in [0.15, 0.2) is 67.4 Å². The van der Waals surface area contributed by atoms with Gasteiger partial charge in [0.25, 0.3) is 0 Å². The van der Waals surface area contributed by atoms with Gasteiger partial charge in [-0.15, -0.1) is 0 Å². The van der Waals surface area contributed by atoms with E-state index in [0.717, 1.165) is 48.6 Å². The number of pyridine rings is 1. The lowest BCUT2D eigenvalue weighted by atomic mass is 9.89. The topological polar surface area (TPSA) is 108 Å². The summed E-state index contributed by atoms with van der Waals surface area (Å²) in [7, 11) is 0. The van der Waals surface area contributed by atoms with E-state index >= 15 is 0 Å². The summed E-state index contributed by atoms with van der Waals surface area (Å²) in [5.74, 6) is 1.67. The molecule has 5 aromatic rings. The number of anilines is 1. The molecule has 0 atom stereocenters. The van der Waals surface area contributed by atoms with Crippen molar-refractivity contribution in [1.82, 2.24) is 29.4 Å². The van der Waals surface area contributed by atoms with Crippen LogP contribution in [0.3, 0.4) is 0 Å². The zero-order chi connectivity index (χ0) is 26.2. The fourth-order valence-corrected chi connectivity index (χ4v) is 5.12. The van der Waals surface area contributed by atoms with E-state index in [2.05, 4.69) is 41.1 Å². The highest BCUT2D eigenvalue weighted by molar-refractivity contribution is 5.83. The van der Waals surface area contributed by atoms with Crippen molar-refractivity contribution in [2.75, 3.05) is 18.0 Å². The highest BCUT2D eigenvalue weighted by Crippen LogP contribution is 2.33. The van der Waals surface area contributed by atoms with E-state index in [0.29, 0.717) is 28.4 Å². The van der Waals surface area contributed by atoms with Crippen LogP contribution in [0.4, 0.5) is 5.82 Å². The first-order valence-electron chi connectivity index (χ1n) is 12.8. The molecule has 38 heavy (non-hydrogen) atoms. The van der Waals surface area contributed by atoms with Gasteiger partial charge in [0.1, 0.15) is 28.7 Å². The van der Waals surface area contributed by atoms with Gasteiger partial charge in [0, 0.05) is 42.7 Å². The summed E-state index contributed by atoms with van der Waals surface area (Å²) >= 11 is 0. The number of phenols is 1. The maximum atomic E-state index is 9.83. The fourth-order valence-electron chi connectivity index (χ4n) is 5.12. The van der Waals surface area contributed by atoms with E-state index < -0.39 is 0 Å². The molecule has 0 bridgehead atoms. The zero-order valence-electron chi connectivity index (χ0n) is 21.4. The first-order valence-corrected chi connectivity index (χ1v) is 12.8. The minimum absolute atomic E-state index is 0.239. The van der Waals surface area contributed by atoms with Gasteiger partial charge in [-0.2, -0.15) is 15.5 Å². The minimum atomic E-state index is 0.239. The number of nitriles is 1. The summed E-state index contributed by atoms with van der Waals surface area (Å²) < 4.78 is 3.60. The Balaban J connectivity index is 1.28. The molecule has 190 valence electrons. The van der Waals surface area contributed by atoms with Crippen LogP contribution in [0, 0.1) is 11.3 Å². The Morgan fingerprint density at radius 1 is 1.00 bits per heavy atom. The first-order chi connectivity index (χ1) is 18.5. The van der Waals surface area contributed by atoms with Crippen LogP contribution in [0.2, 0.25) is 0 Å². The number of nitrogens with zero attached hydrogens (tertiary/aromatic N) is 8. The summed E-state index contributed by atoms with van der Waals surface area (Å²) in [5, 5.41) is 28.4. The van der Waals surface area contributed by atoms with Crippen LogP contribution in [0.5, 0.6) is 5.75 Å². The van der Waals surface area contributed by atoms with E-state index in [1.54, 1.807) is 23.0 Å². The Hall–Kier alpha value is -4.71. The number of fused-ring (bicyclic) bond motifs is 1. The van der Waals surface area contributed by atoms with E-state index in [9.17, 15) is 10.4 Å². The van der Waals surface area contributed by atoms with Crippen LogP contribution in [-0.2, 0) is 0 Å². The van der Waals surface area contributed by atoms with Crippen molar-refractivity contribution in [2.24, 2.45) is 0 Å². The smallest absolute Gasteiger partial charge is 0.128 e. The molecule has 0 spiro atoms. The normalized spacial score (nSPS) is 14.3. The minimum Gasteiger partial charge on any atom is -0.508 e. The molecule has 9 heteroatoms. The van der Waals surface area contributed by atoms with E-state index in [-0.39, 0.29) is 6.04 Å². The van der Waals surface area contributed by atoms with Crippen LogP contribution in [-0.4, -0.2) is 47.6 Å². The number of aromatic hydroxyl groups is 1. The molecule has 0 amide bonds. The zero-order valence-corrected chi connectivity index (χ0v) is 21.4. The second-order valence-electron chi connectivity index (χ2n) is 10.0. The average molecular weight is 505 g/mol. The average Bonchev–Trinajstić information content (AvgIpc) is 3.61. The SMILES string of the molecule is CC(C)n1cc(-c2cn3ncc(C#N)c3c(-c3ccc(N4CCC(c5cccc(O)c5)CC4)nc3)n2)cn1. The predicted octanol–water partition coefficient (Wildman–Crippen LogP) is 5.20. The van der Waals surface area contributed by atoms with Gasteiger partial charge in [-0.1, -0.05) is 12.1 Å². The van der Waals surface area contributed by atoms with Crippen LogP contribution in [0.1, 0.15) is 49.8 Å². The molecule has 0 radical (unpaired) electrons. The van der Waals surface area contributed by atoms with Crippen LogP contribution < -0.4 is 4.90 Å². The Kier molecular flexibility index (Phi) is 6.00. The van der Waals surface area contributed by atoms with Gasteiger partial charge in [0.15, 0.2) is 0 Å². The standard InChI is InChI=1S/C29H28N8O/c1-19(2)36-17-24(16-32-36)26-18-37-29(23(13-30)15-33-37)28(34-26)22-6-7-27(31-14-22)35-10-8-20(9-11-35)21-4-3-5-25(38)12-21/h3-7,12,14-20,38H,8-11H2,1-2H3. The third kappa shape index (κ3) is 4.34. The Labute approximate surface area is 220 Å². The van der Waals surface area contributed by atoms with Crippen molar-refractivity contribution < 1.29 is 5.11 Å². The Morgan fingerprint density at radius 2 is 1.84 bits per heavy atom. The predicted molar refractivity (Wildman–Crippen MR) is 145 cm³/mol. The summed E-state index contributed by atoms with van der Waals surface area (Å²) in [6, 6.07) is 14.1. The van der Waals surface area contributed by atoms with Gasteiger partial charge in [-0.05, 0) is 62.4 Å². The largest absolute Gasteiger partial charge is 0.508 e. The maximum absolute atomic E-state index is 9.83. The molecule has 1 aromatic carbocycles. The first kappa shape index (κ1) is 23.7. The number of hydrogen-bond donors (Lipinski definition) is 1. The molecule has 5 heterocycles. The van der Waals surface area contributed by atoms with E-state index in [1.807, 2.05) is 47.5 Å². The molecular weight excluding hydrogens is 476 g/mol. The number of rotatable bonds is 5. The number of benzene rings is 1. The van der Waals surface area contributed by atoms with Crippen molar-refractivity contribution in [3.8, 4) is 34.3 Å². The van der Waals surface area contributed by atoms with Gasteiger partial charge in [-0.25, -0.2) is 14.5 Å². The van der Waals surface area contributed by atoms with Crippen molar-refractivity contribution in [2.45, 2.75) is 38.6 Å². The lowest BCUT2D eigenvalue weighted by molar-refractivity contribution is 0.468. The molecule has 4 aromatic heterocycles. The van der Waals surface area contributed by atoms with E-state index in [4.69, 9.17) is 9.97 Å².